The number of rotatable bonds is 0. The van der Waals surface area contributed by atoms with Crippen LogP contribution in [0.2, 0.25) is 0 Å². The Morgan fingerprint density at radius 1 is 1.45 bits per heavy atom. The van der Waals surface area contributed by atoms with Crippen LogP contribution in [0.25, 0.3) is 0 Å². The Bertz CT molecular complexity index is 269. The van der Waals surface area contributed by atoms with Crippen LogP contribution in [0.15, 0.2) is 12.1 Å². The Morgan fingerprint density at radius 2 is 2.27 bits per heavy atom. The van der Waals surface area contributed by atoms with Crippen LogP contribution >= 0.6 is 0 Å². The highest BCUT2D eigenvalue weighted by molar-refractivity contribution is 5.64. The first-order valence-corrected chi connectivity index (χ1v) is 3.53. The van der Waals surface area contributed by atoms with Gasteiger partial charge in [0, 0.05) is 12.1 Å². The largest absolute Gasteiger partial charge is 0.506 e. The van der Waals surface area contributed by atoms with E-state index < -0.39 is 0 Å². The van der Waals surface area contributed by atoms with Crippen LogP contribution in [0.1, 0.15) is 5.56 Å². The van der Waals surface area contributed by atoms with Gasteiger partial charge in [-0.15, -0.1) is 0 Å². The fourth-order valence-corrected chi connectivity index (χ4v) is 1.36. The minimum atomic E-state index is -0.234. The van der Waals surface area contributed by atoms with Crippen molar-refractivity contribution in [2.75, 3.05) is 11.9 Å². The van der Waals surface area contributed by atoms with Gasteiger partial charge < -0.3 is 10.4 Å². The van der Waals surface area contributed by atoms with Crippen LogP contribution in [-0.2, 0) is 6.42 Å². The van der Waals surface area contributed by atoms with E-state index >= 15 is 0 Å². The molecule has 0 saturated carbocycles. The van der Waals surface area contributed by atoms with Crippen molar-refractivity contribution in [2.24, 2.45) is 0 Å². The third-order valence-corrected chi connectivity index (χ3v) is 1.91. The van der Waals surface area contributed by atoms with Gasteiger partial charge in [-0.1, -0.05) is 0 Å². The predicted octanol–water partition coefficient (Wildman–Crippen LogP) is 1.50. The van der Waals surface area contributed by atoms with Crippen molar-refractivity contribution in [3.8, 4) is 5.75 Å². The standard InChI is InChI=1S/C8H8FNO/c9-6-1-2-7(11)8-5(6)3-4-10-8/h1-2,10-11H,3-4H2. The summed E-state index contributed by atoms with van der Waals surface area (Å²) in [5, 5.41) is 12.1. The van der Waals surface area contributed by atoms with E-state index in [2.05, 4.69) is 5.32 Å². The first kappa shape index (κ1) is 6.46. The molecule has 1 heterocycles. The number of anilines is 1. The lowest BCUT2D eigenvalue weighted by molar-refractivity contribution is 0.475. The molecule has 58 valence electrons. The van der Waals surface area contributed by atoms with Gasteiger partial charge in [0.2, 0.25) is 0 Å². The van der Waals surface area contributed by atoms with Gasteiger partial charge in [-0.3, -0.25) is 0 Å². The second kappa shape index (κ2) is 2.12. The van der Waals surface area contributed by atoms with Crippen LogP contribution in [0.5, 0.6) is 5.75 Å². The molecular formula is C8H8FNO. The molecule has 0 aromatic heterocycles. The first-order chi connectivity index (χ1) is 5.29. The zero-order chi connectivity index (χ0) is 7.84. The van der Waals surface area contributed by atoms with Crippen LogP contribution in [0.4, 0.5) is 10.1 Å². The summed E-state index contributed by atoms with van der Waals surface area (Å²) < 4.78 is 12.9. The van der Waals surface area contributed by atoms with E-state index in [0.717, 1.165) is 0 Å². The lowest BCUT2D eigenvalue weighted by atomic mass is 10.1. The summed E-state index contributed by atoms with van der Waals surface area (Å²) in [7, 11) is 0. The van der Waals surface area contributed by atoms with Crippen molar-refractivity contribution in [1.29, 1.82) is 0 Å². The van der Waals surface area contributed by atoms with Gasteiger partial charge in [0.25, 0.3) is 0 Å². The molecule has 0 fully saturated rings. The van der Waals surface area contributed by atoms with E-state index in [0.29, 0.717) is 24.2 Å². The van der Waals surface area contributed by atoms with E-state index in [-0.39, 0.29) is 11.6 Å². The van der Waals surface area contributed by atoms with Gasteiger partial charge in [-0.25, -0.2) is 4.39 Å². The first-order valence-electron chi connectivity index (χ1n) is 3.53. The fraction of sp³-hybridized carbons (Fsp3) is 0.250. The van der Waals surface area contributed by atoms with Crippen molar-refractivity contribution in [3.05, 3.63) is 23.5 Å². The van der Waals surface area contributed by atoms with Crippen molar-refractivity contribution in [1.82, 2.24) is 0 Å². The van der Waals surface area contributed by atoms with Crippen LogP contribution < -0.4 is 5.32 Å². The highest BCUT2D eigenvalue weighted by atomic mass is 19.1. The van der Waals surface area contributed by atoms with Crippen LogP contribution in [0.3, 0.4) is 0 Å². The highest BCUT2D eigenvalue weighted by Crippen LogP contribution is 2.33. The Balaban J connectivity index is 2.64. The maximum atomic E-state index is 12.9. The maximum absolute atomic E-state index is 12.9. The topological polar surface area (TPSA) is 32.3 Å². The van der Waals surface area contributed by atoms with Gasteiger partial charge in [-0.05, 0) is 18.6 Å². The van der Waals surface area contributed by atoms with Gasteiger partial charge in [0.15, 0.2) is 0 Å². The molecular weight excluding hydrogens is 145 g/mol. The molecule has 0 saturated heterocycles. The van der Waals surface area contributed by atoms with E-state index in [1.807, 2.05) is 0 Å². The van der Waals surface area contributed by atoms with Crippen molar-refractivity contribution < 1.29 is 9.50 Å². The smallest absolute Gasteiger partial charge is 0.139 e. The van der Waals surface area contributed by atoms with E-state index in [9.17, 15) is 9.50 Å². The maximum Gasteiger partial charge on any atom is 0.139 e. The average molecular weight is 153 g/mol. The van der Waals surface area contributed by atoms with E-state index in [1.165, 1.54) is 12.1 Å². The summed E-state index contributed by atoms with van der Waals surface area (Å²) in [5.74, 6) is -0.0956. The number of benzene rings is 1. The molecule has 0 bridgehead atoms. The summed E-state index contributed by atoms with van der Waals surface area (Å²) in [4.78, 5) is 0. The predicted molar refractivity (Wildman–Crippen MR) is 40.3 cm³/mol. The number of nitrogens with one attached hydrogen (secondary N) is 1. The van der Waals surface area contributed by atoms with Gasteiger partial charge >= 0.3 is 0 Å². The number of phenolic OH excluding ortho intramolecular Hbond substituents is 1. The Kier molecular flexibility index (Phi) is 1.24. The lowest BCUT2D eigenvalue weighted by Gasteiger charge is -2.02. The van der Waals surface area contributed by atoms with E-state index in [4.69, 9.17) is 0 Å². The normalized spacial score (nSPS) is 14.3. The highest BCUT2D eigenvalue weighted by Gasteiger charge is 2.17. The quantitative estimate of drug-likeness (QED) is 0.553. The van der Waals surface area contributed by atoms with Crippen LogP contribution in [-0.4, -0.2) is 11.7 Å². The fourth-order valence-electron chi connectivity index (χ4n) is 1.36. The Morgan fingerprint density at radius 3 is 3.00 bits per heavy atom. The molecule has 3 heteroatoms. The Hall–Kier alpha value is -1.25. The molecule has 0 unspecified atom stereocenters. The summed E-state index contributed by atoms with van der Waals surface area (Å²) >= 11 is 0. The zero-order valence-electron chi connectivity index (χ0n) is 5.89. The average Bonchev–Trinajstić information content (AvgIpc) is 2.45. The number of hydrogen-bond donors (Lipinski definition) is 2. The van der Waals surface area contributed by atoms with Gasteiger partial charge in [-0.2, -0.15) is 0 Å². The molecule has 0 aliphatic carbocycles. The minimum absolute atomic E-state index is 0.138. The summed E-state index contributed by atoms with van der Waals surface area (Å²) in [6.07, 6.45) is 0.662. The molecule has 1 aliphatic rings. The third-order valence-electron chi connectivity index (χ3n) is 1.91. The molecule has 0 spiro atoms. The summed E-state index contributed by atoms with van der Waals surface area (Å²) in [6.45, 7) is 0.712. The Labute approximate surface area is 63.7 Å². The van der Waals surface area contributed by atoms with Crippen LogP contribution in [0, 0.1) is 5.82 Å². The number of hydrogen-bond acceptors (Lipinski definition) is 2. The van der Waals surface area contributed by atoms with Gasteiger partial charge in [0.05, 0.1) is 5.69 Å². The molecule has 0 radical (unpaired) electrons. The van der Waals surface area contributed by atoms with E-state index in [1.54, 1.807) is 0 Å². The molecule has 0 amide bonds. The van der Waals surface area contributed by atoms with Crippen molar-refractivity contribution >= 4 is 5.69 Å². The lowest BCUT2D eigenvalue weighted by Crippen LogP contribution is -1.90. The minimum Gasteiger partial charge on any atom is -0.506 e. The zero-order valence-corrected chi connectivity index (χ0v) is 5.89. The number of fused-ring (bicyclic) bond motifs is 1. The third kappa shape index (κ3) is 0.843. The molecule has 2 nitrogen and oxygen atoms in total. The number of phenols is 1. The van der Waals surface area contributed by atoms with Crippen molar-refractivity contribution in [3.63, 3.8) is 0 Å². The SMILES string of the molecule is Oc1ccc(F)c2c1NCC2. The molecule has 2 N–H and O–H groups in total. The molecule has 1 aliphatic heterocycles. The monoisotopic (exact) mass is 153 g/mol. The van der Waals surface area contributed by atoms with Gasteiger partial charge in [0.1, 0.15) is 11.6 Å². The number of aromatic hydroxyl groups is 1. The molecule has 2 rings (SSSR count). The summed E-state index contributed by atoms with van der Waals surface area (Å²) in [6, 6.07) is 2.66. The second-order valence-corrected chi connectivity index (χ2v) is 2.60. The molecule has 0 atom stereocenters. The second-order valence-electron chi connectivity index (χ2n) is 2.60. The molecule has 1 aromatic carbocycles. The molecule has 1 aromatic rings. The van der Waals surface area contributed by atoms with Crippen molar-refractivity contribution in [2.45, 2.75) is 6.42 Å². The number of halogens is 1. The summed E-state index contributed by atoms with van der Waals surface area (Å²) in [5.41, 5.74) is 1.16. The molecule has 11 heavy (non-hydrogen) atoms.